The van der Waals surface area contributed by atoms with Gasteiger partial charge in [-0.05, 0) is 51.9 Å². The van der Waals surface area contributed by atoms with Crippen LogP contribution in [0.1, 0.15) is 25.0 Å². The molecule has 0 unspecified atom stereocenters. The maximum Gasteiger partial charge on any atom is 0.0726 e. The first-order chi connectivity index (χ1) is 8.38. The summed E-state index contributed by atoms with van der Waals surface area (Å²) in [6, 6.07) is 0. The molecule has 1 saturated heterocycles. The highest BCUT2D eigenvalue weighted by Gasteiger charge is 2.18. The topological polar surface area (TPSA) is 41.0 Å². The zero-order chi connectivity index (χ0) is 11.9. The highest BCUT2D eigenvalue weighted by molar-refractivity contribution is 4.94. The molecule has 2 rings (SSSR count). The fourth-order valence-electron chi connectivity index (χ4n) is 2.42. The van der Waals surface area contributed by atoms with Gasteiger partial charge in [0.25, 0.3) is 0 Å². The van der Waals surface area contributed by atoms with Crippen LogP contribution in [-0.4, -0.2) is 41.5 Å². The van der Waals surface area contributed by atoms with Crippen LogP contribution < -0.4 is 5.32 Å². The van der Waals surface area contributed by atoms with Gasteiger partial charge in [-0.25, -0.2) is 0 Å². The zero-order valence-corrected chi connectivity index (χ0v) is 10.6. The number of rotatable bonds is 5. The highest BCUT2D eigenvalue weighted by Crippen LogP contribution is 2.20. The molecule has 1 aromatic rings. The second-order valence-electron chi connectivity index (χ2n) is 4.81. The summed E-state index contributed by atoms with van der Waals surface area (Å²) in [5.41, 5.74) is 1.08. The van der Waals surface area contributed by atoms with Crippen LogP contribution in [-0.2, 0) is 6.54 Å². The molecule has 0 saturated carbocycles. The van der Waals surface area contributed by atoms with Gasteiger partial charge in [-0.1, -0.05) is 0 Å². The number of nitrogens with zero attached hydrogens (tertiary/aromatic N) is 3. The van der Waals surface area contributed by atoms with Crippen LogP contribution in [0.2, 0.25) is 0 Å². The van der Waals surface area contributed by atoms with E-state index in [9.17, 15) is 0 Å². The van der Waals surface area contributed by atoms with Crippen molar-refractivity contribution in [1.29, 1.82) is 0 Å². The summed E-state index contributed by atoms with van der Waals surface area (Å²) in [6.07, 6.45) is 9.33. The van der Waals surface area contributed by atoms with Crippen LogP contribution in [0.15, 0.2) is 18.6 Å². The molecule has 1 aromatic heterocycles. The minimum atomic E-state index is 0.903. The van der Waals surface area contributed by atoms with Crippen molar-refractivity contribution >= 4 is 0 Å². The van der Waals surface area contributed by atoms with Gasteiger partial charge in [-0.3, -0.25) is 14.9 Å². The lowest BCUT2D eigenvalue weighted by atomic mass is 9.93. The predicted octanol–water partition coefficient (Wildman–Crippen LogP) is 1.30. The molecule has 2 heterocycles. The molecular formula is C13H22N4. The van der Waals surface area contributed by atoms with Crippen molar-refractivity contribution in [3.63, 3.8) is 0 Å². The Hall–Kier alpha value is -1.00. The predicted molar refractivity (Wildman–Crippen MR) is 68.6 cm³/mol. The molecule has 0 amide bonds. The van der Waals surface area contributed by atoms with Crippen molar-refractivity contribution in [2.24, 2.45) is 5.92 Å². The van der Waals surface area contributed by atoms with Crippen LogP contribution in [0.4, 0.5) is 0 Å². The smallest absolute Gasteiger partial charge is 0.0726 e. The van der Waals surface area contributed by atoms with E-state index in [1.165, 1.54) is 32.4 Å². The molecule has 0 atom stereocenters. The lowest BCUT2D eigenvalue weighted by Gasteiger charge is -2.31. The van der Waals surface area contributed by atoms with E-state index >= 15 is 0 Å². The molecule has 0 aliphatic carbocycles. The molecule has 0 spiro atoms. The Labute approximate surface area is 103 Å². The lowest BCUT2D eigenvalue weighted by molar-refractivity contribution is 0.170. The number of nitrogens with one attached hydrogen (secondary N) is 1. The summed E-state index contributed by atoms with van der Waals surface area (Å²) in [7, 11) is 2.03. The highest BCUT2D eigenvalue weighted by atomic mass is 15.1. The number of piperidine rings is 1. The van der Waals surface area contributed by atoms with Gasteiger partial charge in [-0.15, -0.1) is 0 Å². The quantitative estimate of drug-likeness (QED) is 0.833. The van der Waals surface area contributed by atoms with Crippen molar-refractivity contribution in [3.05, 3.63) is 24.3 Å². The normalized spacial score (nSPS) is 18.4. The molecule has 1 aliphatic rings. The van der Waals surface area contributed by atoms with Gasteiger partial charge in [0.2, 0.25) is 0 Å². The zero-order valence-electron chi connectivity index (χ0n) is 10.6. The number of aromatic nitrogens is 2. The molecule has 4 heteroatoms. The van der Waals surface area contributed by atoms with E-state index in [0.717, 1.165) is 24.7 Å². The maximum absolute atomic E-state index is 4.33. The fraction of sp³-hybridized carbons (Fsp3) is 0.692. The molecule has 17 heavy (non-hydrogen) atoms. The van der Waals surface area contributed by atoms with Gasteiger partial charge < -0.3 is 5.32 Å². The van der Waals surface area contributed by atoms with Crippen LogP contribution in [0.5, 0.6) is 0 Å². The molecule has 0 bridgehead atoms. The van der Waals surface area contributed by atoms with Crippen LogP contribution in [0.25, 0.3) is 0 Å². The lowest BCUT2D eigenvalue weighted by Crippen LogP contribution is -2.34. The van der Waals surface area contributed by atoms with Crippen molar-refractivity contribution in [3.8, 4) is 0 Å². The Morgan fingerprint density at radius 2 is 2.18 bits per heavy atom. The second-order valence-corrected chi connectivity index (χ2v) is 4.81. The first-order valence-electron chi connectivity index (χ1n) is 6.50. The average Bonchev–Trinajstić information content (AvgIpc) is 2.39. The second kappa shape index (κ2) is 6.67. The summed E-state index contributed by atoms with van der Waals surface area (Å²) in [5.74, 6) is 0.903. The standard InChI is InChI=1S/C13H22N4/c1-14-5-2-12-3-8-17(9-4-12)11-13-10-15-6-7-16-13/h6-7,10,12,14H,2-5,8-9,11H2,1H3. The Balaban J connectivity index is 1.72. The van der Waals surface area contributed by atoms with E-state index in [1.807, 2.05) is 13.2 Å². The molecule has 1 fully saturated rings. The van der Waals surface area contributed by atoms with E-state index in [4.69, 9.17) is 0 Å². The Morgan fingerprint density at radius 3 is 2.82 bits per heavy atom. The van der Waals surface area contributed by atoms with Gasteiger partial charge in [0.15, 0.2) is 0 Å². The summed E-state index contributed by atoms with van der Waals surface area (Å²) < 4.78 is 0. The Bertz CT molecular complexity index is 306. The minimum absolute atomic E-state index is 0.903. The molecular weight excluding hydrogens is 212 g/mol. The number of likely N-dealkylation sites (tertiary alicyclic amines) is 1. The van der Waals surface area contributed by atoms with Crippen molar-refractivity contribution in [1.82, 2.24) is 20.2 Å². The SMILES string of the molecule is CNCCC1CCN(Cc2cnccn2)CC1. The van der Waals surface area contributed by atoms with E-state index in [-0.39, 0.29) is 0 Å². The third-order valence-corrected chi connectivity index (χ3v) is 3.51. The summed E-state index contributed by atoms with van der Waals surface area (Å²) in [4.78, 5) is 10.9. The van der Waals surface area contributed by atoms with E-state index < -0.39 is 0 Å². The van der Waals surface area contributed by atoms with Crippen molar-refractivity contribution in [2.75, 3.05) is 26.7 Å². The molecule has 1 N–H and O–H groups in total. The largest absolute Gasteiger partial charge is 0.320 e. The van der Waals surface area contributed by atoms with Crippen molar-refractivity contribution in [2.45, 2.75) is 25.8 Å². The van der Waals surface area contributed by atoms with Gasteiger partial charge in [0.1, 0.15) is 0 Å². The van der Waals surface area contributed by atoms with E-state index in [1.54, 1.807) is 12.4 Å². The molecule has 0 aromatic carbocycles. The van der Waals surface area contributed by atoms with Gasteiger partial charge in [0, 0.05) is 25.1 Å². The van der Waals surface area contributed by atoms with E-state index in [0.29, 0.717) is 0 Å². The number of hydrogen-bond acceptors (Lipinski definition) is 4. The first kappa shape index (κ1) is 12.5. The maximum atomic E-state index is 4.33. The number of hydrogen-bond donors (Lipinski definition) is 1. The monoisotopic (exact) mass is 234 g/mol. The van der Waals surface area contributed by atoms with E-state index in [2.05, 4.69) is 20.2 Å². The molecule has 4 nitrogen and oxygen atoms in total. The van der Waals surface area contributed by atoms with Crippen LogP contribution in [0, 0.1) is 5.92 Å². The summed E-state index contributed by atoms with van der Waals surface area (Å²) in [6.45, 7) is 4.50. The first-order valence-corrected chi connectivity index (χ1v) is 6.50. The average molecular weight is 234 g/mol. The van der Waals surface area contributed by atoms with Crippen LogP contribution in [0.3, 0.4) is 0 Å². The van der Waals surface area contributed by atoms with Gasteiger partial charge in [0.05, 0.1) is 5.69 Å². The molecule has 0 radical (unpaired) electrons. The Kier molecular flexibility index (Phi) is 4.88. The summed E-state index contributed by atoms with van der Waals surface area (Å²) >= 11 is 0. The van der Waals surface area contributed by atoms with Gasteiger partial charge in [-0.2, -0.15) is 0 Å². The summed E-state index contributed by atoms with van der Waals surface area (Å²) in [5, 5.41) is 3.23. The minimum Gasteiger partial charge on any atom is -0.320 e. The fourth-order valence-corrected chi connectivity index (χ4v) is 2.42. The third-order valence-electron chi connectivity index (χ3n) is 3.51. The molecule has 1 aliphatic heterocycles. The Morgan fingerprint density at radius 1 is 1.35 bits per heavy atom. The van der Waals surface area contributed by atoms with Crippen LogP contribution >= 0.6 is 0 Å². The molecule has 94 valence electrons. The van der Waals surface area contributed by atoms with Crippen molar-refractivity contribution < 1.29 is 0 Å². The van der Waals surface area contributed by atoms with Gasteiger partial charge >= 0.3 is 0 Å². The third kappa shape index (κ3) is 4.06.